The second-order valence-electron chi connectivity index (χ2n) is 22.3. The number of nitrogens with one attached hydrogen (secondary N) is 1. The molecule has 0 radical (unpaired) electrons. The molecule has 98 heavy (non-hydrogen) atoms. The molecule has 0 aromatic heterocycles. The number of allylic oxidation sites excluding steroid dienone is 19. The molecule has 0 heterocycles. The van der Waals surface area contributed by atoms with E-state index < -0.39 is 0 Å². The van der Waals surface area contributed by atoms with Gasteiger partial charge in [0, 0.05) is 37.2 Å². The van der Waals surface area contributed by atoms with Crippen molar-refractivity contribution in [3.05, 3.63) is 158 Å². The second-order valence-corrected chi connectivity index (χ2v) is 31.1. The Bertz CT molecular complexity index is 2650. The molecule has 0 aromatic carbocycles. The molecule has 6 aliphatic carbocycles. The summed E-state index contributed by atoms with van der Waals surface area (Å²) >= 11 is 13.0. The number of Topliss-reactive ketones (excluding diaryl/α,β-unsaturated/α-hetero) is 2. The minimum absolute atomic E-state index is 0. The van der Waals surface area contributed by atoms with E-state index >= 15 is 0 Å². The van der Waals surface area contributed by atoms with Gasteiger partial charge in [-0.15, -0.1) is 0 Å². The molecule has 0 aliphatic heterocycles. The Morgan fingerprint density at radius 1 is 0.510 bits per heavy atom. The van der Waals surface area contributed by atoms with Crippen LogP contribution in [0.25, 0.3) is 0 Å². The zero-order valence-corrected chi connectivity index (χ0v) is 84.0. The van der Waals surface area contributed by atoms with Crippen LogP contribution in [0.2, 0.25) is 0 Å². The van der Waals surface area contributed by atoms with Gasteiger partial charge in [0.2, 0.25) is 0 Å². The van der Waals surface area contributed by atoms with E-state index in [0.29, 0.717) is 29.5 Å². The monoisotopic (exact) mass is 2600 g/mol. The summed E-state index contributed by atoms with van der Waals surface area (Å²) in [5.74, 6) is 0.576. The third-order valence-corrected chi connectivity index (χ3v) is 29.9. The molecule has 0 saturated heterocycles. The number of hydrogen-bond donors (Lipinski definition) is 2. The Labute approximate surface area is 700 Å². The van der Waals surface area contributed by atoms with Crippen LogP contribution >= 0.6 is 37.2 Å². The molecule has 6 aliphatic rings. The Balaban J connectivity index is -0.0000000765. The second kappa shape index (κ2) is 73.9. The van der Waals surface area contributed by atoms with Gasteiger partial charge in [0.15, 0.2) is 0 Å². The number of halogens is 2. The van der Waals surface area contributed by atoms with E-state index in [4.69, 9.17) is 49.5 Å². The van der Waals surface area contributed by atoms with Crippen molar-refractivity contribution < 1.29 is 130 Å². The Morgan fingerprint density at radius 2 is 0.806 bits per heavy atom. The summed E-state index contributed by atoms with van der Waals surface area (Å²) < 4.78 is 13.2. The van der Waals surface area contributed by atoms with Gasteiger partial charge < -0.3 is 5.73 Å². The van der Waals surface area contributed by atoms with Crippen molar-refractivity contribution in [3.8, 4) is 6.07 Å². The molecule has 6 fully saturated rings. The third-order valence-electron chi connectivity index (χ3n) is 15.9. The fourth-order valence-corrected chi connectivity index (χ4v) is 18.1. The zero-order valence-electron chi connectivity index (χ0n) is 62.1. The molecule has 6 rings (SSSR count). The van der Waals surface area contributed by atoms with Crippen molar-refractivity contribution >= 4 is 72.2 Å². The van der Waals surface area contributed by atoms with Crippen molar-refractivity contribution in [2.24, 2.45) is 32.8 Å². The summed E-state index contributed by atoms with van der Waals surface area (Å²) in [6, 6.07) is 2.37. The third kappa shape index (κ3) is 44.2. The number of ketones is 2. The molecular weight excluding hydrogens is 2460 g/mol. The van der Waals surface area contributed by atoms with Crippen LogP contribution in [-0.2, 0) is 130 Å². The van der Waals surface area contributed by atoms with E-state index in [2.05, 4.69) is 122 Å². The van der Waals surface area contributed by atoms with Crippen LogP contribution in [0.15, 0.2) is 118 Å². The molecule has 14 heteroatoms. The number of methoxy groups -OCH3 is 1. The van der Waals surface area contributed by atoms with E-state index in [0.717, 1.165) is 60.8 Å². The first kappa shape index (κ1) is 128. The van der Waals surface area contributed by atoms with Crippen molar-refractivity contribution in [1.82, 2.24) is 5.32 Å². The molecule has 6 saturated carbocycles. The van der Waals surface area contributed by atoms with Gasteiger partial charge in [-0.2, -0.15) is 0 Å². The molecular formula is C84H143I2N3O3W6-6. The Morgan fingerprint density at radius 3 is 1.10 bits per heavy atom. The van der Waals surface area contributed by atoms with Gasteiger partial charge in [0.25, 0.3) is 0 Å². The first-order valence-corrected chi connectivity index (χ1v) is 47.8. The number of carbonyl (C=O) groups is 2. The number of nitrogens with zero attached hydrogens (tertiary/aromatic N) is 1. The molecule has 0 spiro atoms. The van der Waals surface area contributed by atoms with Crippen molar-refractivity contribution in [1.29, 1.82) is 5.26 Å². The summed E-state index contributed by atoms with van der Waals surface area (Å²) in [5, 5.41) is 12.4. The number of rotatable bonds is 11. The summed E-state index contributed by atoms with van der Waals surface area (Å²) in [6.45, 7) is 78.4. The van der Waals surface area contributed by atoms with Gasteiger partial charge in [0.05, 0.1) is 0 Å². The van der Waals surface area contributed by atoms with Crippen LogP contribution in [-0.4, -0.2) is 61.7 Å². The van der Waals surface area contributed by atoms with Gasteiger partial charge in [-0.3, -0.25) is 0 Å². The van der Waals surface area contributed by atoms with Gasteiger partial charge in [-0.25, -0.2) is 0 Å². The minimum atomic E-state index is -0.218. The summed E-state index contributed by atoms with van der Waals surface area (Å²) in [7, 11) is 5.23. The predicted molar refractivity (Wildman–Crippen MR) is 443 cm³/mol. The molecule has 568 valence electrons. The average molecular weight is 2600 g/mol. The standard InChI is InChI=1S/C13H20N.C13H19.C12H15O.C10H10N.C10H11O.C8H7O.6C2H6.CH5N.5CH4.I2.6W/c1-6-7-11-8-9-13(4,10-11)12(2,3)14-5;1-6-7-11-8-9-13(5,10-11)12(2,3)4;1-4-5-11-6-7-12(3,9-11)8-10(2)13;1-3-4-9-5-6-10(2,7-9)8-11;1-3-4-9-5-6-10(7-9)8-11-2;1-2-3-7-4-5-8(9)6-7;7*1-2;;;;;;1-2;;;;;;/h1,6-7,14H,8-9H2,2-5H3;1,6-7H,8-9H2,2-5H3;1,4-5H,6-8H2,2-3H3;1,3-4H,5-6H2,2H3;1,3-4,8H,5-6H2,2H3;1-3H,4-5H2;6*1-2H3;2H2,1H3;5*1H4;;;;;;;/q6*-1;;;;;;;;;;;;;;;;;;;/b;;;;9-4?,10-8+;;;;;;;;;;;;;;;;;;;;. The Kier molecular flexibility index (Phi) is 96.2. The number of nitriles is 1. The molecule has 0 amide bonds. The van der Waals surface area contributed by atoms with E-state index in [1.54, 1.807) is 90.9 Å². The van der Waals surface area contributed by atoms with E-state index in [9.17, 15) is 9.59 Å². The van der Waals surface area contributed by atoms with Crippen molar-refractivity contribution in [3.63, 3.8) is 0 Å². The van der Waals surface area contributed by atoms with Crippen LogP contribution in [0.5, 0.6) is 0 Å². The van der Waals surface area contributed by atoms with Crippen molar-refractivity contribution in [2.75, 3.05) is 21.2 Å². The summed E-state index contributed by atoms with van der Waals surface area (Å²) in [6.07, 6.45) is 36.7. The topological polar surface area (TPSA) is 105 Å². The summed E-state index contributed by atoms with van der Waals surface area (Å²) in [4.78, 5) is 22.1. The maximum absolute atomic E-state index is 11.2. The summed E-state index contributed by atoms with van der Waals surface area (Å²) in [5.41, 5.74) is 14.9. The van der Waals surface area contributed by atoms with Gasteiger partial charge >= 0.3 is 539 Å². The zero-order chi connectivity index (χ0) is 75.2. The Hall–Kier alpha value is -0.0201. The normalized spacial score (nSPS) is 22.8. The molecule has 4 unspecified atom stereocenters. The van der Waals surface area contributed by atoms with Gasteiger partial charge in [-0.1, -0.05) is 120 Å². The van der Waals surface area contributed by atoms with E-state index in [1.807, 2.05) is 128 Å². The number of carbonyl (C=O) groups excluding carboxylic acids is 2. The predicted octanol–water partition coefficient (Wildman–Crippen LogP) is 23.8. The van der Waals surface area contributed by atoms with Gasteiger partial charge in [0.1, 0.15) is 0 Å². The first-order chi connectivity index (χ1) is 43.9. The van der Waals surface area contributed by atoms with E-state index in [-0.39, 0.29) is 64.7 Å². The molecule has 4 atom stereocenters. The van der Waals surface area contributed by atoms with Crippen LogP contribution in [0.3, 0.4) is 0 Å². The molecule has 3 N–H and O–H groups in total. The van der Waals surface area contributed by atoms with Crippen LogP contribution in [0.4, 0.5) is 0 Å². The fourth-order valence-electron chi connectivity index (χ4n) is 9.60. The number of nitrogens with two attached hydrogens (primary N) is 1. The van der Waals surface area contributed by atoms with Crippen LogP contribution in [0, 0.1) is 77.9 Å². The van der Waals surface area contributed by atoms with Gasteiger partial charge in [-0.05, 0) is 7.05 Å². The first-order valence-electron chi connectivity index (χ1n) is 32.7. The van der Waals surface area contributed by atoms with Crippen LogP contribution < -0.4 is 11.1 Å². The van der Waals surface area contributed by atoms with Crippen LogP contribution in [0.1, 0.15) is 273 Å². The number of hydrogen-bond acceptors (Lipinski definition) is 6. The van der Waals surface area contributed by atoms with E-state index in [1.165, 1.54) is 155 Å². The SMILES string of the molecule is C.C.C.C.C.CC.CC.CC.CC.CC.CC.CN.II.[CH-]=CC=C1CC/C(=C\OC)[C]1=[W].[CH-]=CC=C1CCC(=O)[C]1=[W].[CH-]=CC=C1CCC(C)(C#N)[C]1=[W].[CH-]=CC=C1CCC(C)(C(C)(C)C)[C]1=[W].[CH-]=CC=C1CCC(C)(C(C)(C)NC)[C]1=[W].[CH-]=CC=C1CCC(C)(CC(C)=O)[C]1=[W]. The van der Waals surface area contributed by atoms with Crippen molar-refractivity contribution in [2.45, 2.75) is 278 Å². The molecule has 0 bridgehead atoms. The quantitative estimate of drug-likeness (QED) is 0.121. The maximum atomic E-state index is 11.2. The fraction of sp³-hybridized carbons (Fsp3) is 0.583. The molecule has 0 aromatic rings. The average Bonchev–Trinajstić information content (AvgIpc) is 1.59. The number of ether oxygens (including phenoxy) is 1. The molecule has 6 nitrogen and oxygen atoms in total.